The second-order valence-electron chi connectivity index (χ2n) is 5.78. The van der Waals surface area contributed by atoms with E-state index in [1.165, 1.54) is 43.5 Å². The molecule has 1 N–H and O–H groups in total. The van der Waals surface area contributed by atoms with Gasteiger partial charge in [0.05, 0.1) is 11.9 Å². The molecule has 3 heteroatoms. The molecular formula is C17H23N3. The number of hydrogen-bond donors (Lipinski definition) is 1. The van der Waals surface area contributed by atoms with Gasteiger partial charge in [-0.1, -0.05) is 30.7 Å². The summed E-state index contributed by atoms with van der Waals surface area (Å²) in [4.78, 5) is 10.1. The minimum atomic E-state index is 0.521. The van der Waals surface area contributed by atoms with E-state index >= 15 is 0 Å². The van der Waals surface area contributed by atoms with Crippen LogP contribution in [0.5, 0.6) is 0 Å². The van der Waals surface area contributed by atoms with Crippen molar-refractivity contribution in [2.75, 3.05) is 13.1 Å². The quantitative estimate of drug-likeness (QED) is 0.915. The smallest absolute Gasteiger partial charge is 0.103 e. The van der Waals surface area contributed by atoms with Gasteiger partial charge in [0, 0.05) is 6.04 Å². The first-order valence-corrected chi connectivity index (χ1v) is 7.60. The van der Waals surface area contributed by atoms with Gasteiger partial charge in [-0.15, -0.1) is 0 Å². The summed E-state index contributed by atoms with van der Waals surface area (Å²) in [5, 5.41) is 0. The summed E-state index contributed by atoms with van der Waals surface area (Å²) in [6.45, 7) is 6.78. The number of hydrogen-bond acceptors (Lipinski definition) is 2. The average Bonchev–Trinajstić information content (AvgIpc) is 2.94. The summed E-state index contributed by atoms with van der Waals surface area (Å²) >= 11 is 0. The number of piperidine rings is 1. The van der Waals surface area contributed by atoms with Crippen LogP contribution in [0.15, 0.2) is 30.5 Å². The fraction of sp³-hybridized carbons (Fsp3) is 0.471. The normalized spacial score (nSPS) is 18.1. The van der Waals surface area contributed by atoms with Gasteiger partial charge < -0.3 is 4.98 Å². The van der Waals surface area contributed by atoms with Crippen molar-refractivity contribution in [2.45, 2.75) is 39.2 Å². The topological polar surface area (TPSA) is 31.9 Å². The molecule has 106 valence electrons. The van der Waals surface area contributed by atoms with Crippen LogP contribution in [0.2, 0.25) is 0 Å². The average molecular weight is 269 g/mol. The standard InChI is InChI=1S/C17H23N3/c1-13(20-10-4-3-5-11-20)15-6-8-16(9-7-15)17-12-18-14(2)19-17/h6-9,12-13H,3-5,10-11H2,1-2H3,(H,18,19)/t13-/m1/s1. The van der Waals surface area contributed by atoms with Crippen molar-refractivity contribution < 1.29 is 0 Å². The molecule has 1 aromatic carbocycles. The molecule has 2 aromatic rings. The van der Waals surface area contributed by atoms with Gasteiger partial charge in [0.25, 0.3) is 0 Å². The summed E-state index contributed by atoms with van der Waals surface area (Å²) in [5.74, 6) is 0.964. The predicted octanol–water partition coefficient (Wildman–Crippen LogP) is 3.93. The number of imidazole rings is 1. The lowest BCUT2D eigenvalue weighted by Gasteiger charge is -2.32. The first-order valence-electron chi connectivity index (χ1n) is 7.60. The minimum absolute atomic E-state index is 0.521. The highest BCUT2D eigenvalue weighted by Crippen LogP contribution is 2.26. The van der Waals surface area contributed by atoms with Crippen molar-refractivity contribution in [1.29, 1.82) is 0 Å². The predicted molar refractivity (Wildman–Crippen MR) is 82.6 cm³/mol. The fourth-order valence-electron chi connectivity index (χ4n) is 3.03. The number of benzene rings is 1. The number of H-pyrrole nitrogens is 1. The van der Waals surface area contributed by atoms with E-state index in [0.29, 0.717) is 6.04 Å². The van der Waals surface area contributed by atoms with Gasteiger partial charge in [-0.2, -0.15) is 0 Å². The lowest BCUT2D eigenvalue weighted by molar-refractivity contribution is 0.175. The van der Waals surface area contributed by atoms with Crippen LogP contribution in [-0.4, -0.2) is 28.0 Å². The number of aromatic amines is 1. The summed E-state index contributed by atoms with van der Waals surface area (Å²) in [6.07, 6.45) is 5.98. The molecule has 0 amide bonds. The summed E-state index contributed by atoms with van der Waals surface area (Å²) in [6, 6.07) is 9.42. The Bertz CT molecular complexity index is 550. The molecule has 0 saturated carbocycles. The molecule has 2 heterocycles. The Morgan fingerprint density at radius 2 is 1.80 bits per heavy atom. The van der Waals surface area contributed by atoms with Crippen LogP contribution >= 0.6 is 0 Å². The van der Waals surface area contributed by atoms with Crippen LogP contribution in [0.1, 0.15) is 43.6 Å². The maximum Gasteiger partial charge on any atom is 0.103 e. The monoisotopic (exact) mass is 269 g/mol. The van der Waals surface area contributed by atoms with Crippen molar-refractivity contribution in [3.05, 3.63) is 41.9 Å². The minimum Gasteiger partial charge on any atom is -0.342 e. The van der Waals surface area contributed by atoms with Gasteiger partial charge in [-0.3, -0.25) is 4.90 Å². The van der Waals surface area contributed by atoms with E-state index in [2.05, 4.69) is 46.1 Å². The van der Waals surface area contributed by atoms with Gasteiger partial charge in [0.2, 0.25) is 0 Å². The van der Waals surface area contributed by atoms with Crippen LogP contribution in [-0.2, 0) is 0 Å². The largest absolute Gasteiger partial charge is 0.342 e. The highest BCUT2D eigenvalue weighted by atomic mass is 15.2. The van der Waals surface area contributed by atoms with Gasteiger partial charge in [0.1, 0.15) is 5.82 Å². The Labute approximate surface area is 121 Å². The molecular weight excluding hydrogens is 246 g/mol. The number of nitrogens with zero attached hydrogens (tertiary/aromatic N) is 2. The Hall–Kier alpha value is -1.61. The van der Waals surface area contributed by atoms with Crippen LogP contribution in [0.25, 0.3) is 11.3 Å². The number of aromatic nitrogens is 2. The fourth-order valence-corrected chi connectivity index (χ4v) is 3.03. The van der Waals surface area contributed by atoms with Crippen LogP contribution < -0.4 is 0 Å². The molecule has 20 heavy (non-hydrogen) atoms. The lowest BCUT2D eigenvalue weighted by atomic mass is 10.0. The van der Waals surface area contributed by atoms with Gasteiger partial charge in [0.15, 0.2) is 0 Å². The molecule has 0 bridgehead atoms. The molecule has 1 atom stereocenters. The van der Waals surface area contributed by atoms with E-state index < -0.39 is 0 Å². The van der Waals surface area contributed by atoms with Gasteiger partial charge in [-0.05, 0) is 50.9 Å². The zero-order valence-corrected chi connectivity index (χ0v) is 12.4. The first kappa shape index (κ1) is 13.4. The maximum atomic E-state index is 4.26. The van der Waals surface area contributed by atoms with Crippen molar-refractivity contribution in [1.82, 2.24) is 14.9 Å². The molecule has 1 aliphatic heterocycles. The van der Waals surface area contributed by atoms with Crippen LogP contribution in [0.3, 0.4) is 0 Å². The molecule has 0 aliphatic carbocycles. The van der Waals surface area contributed by atoms with Crippen LogP contribution in [0, 0.1) is 6.92 Å². The molecule has 1 aliphatic rings. The third kappa shape index (κ3) is 2.78. The van der Waals surface area contributed by atoms with E-state index in [-0.39, 0.29) is 0 Å². The Kier molecular flexibility index (Phi) is 3.88. The zero-order chi connectivity index (χ0) is 13.9. The Balaban J connectivity index is 1.75. The third-order valence-corrected chi connectivity index (χ3v) is 4.35. The van der Waals surface area contributed by atoms with Crippen molar-refractivity contribution >= 4 is 0 Å². The summed E-state index contributed by atoms with van der Waals surface area (Å²) in [5.41, 5.74) is 3.71. The molecule has 3 nitrogen and oxygen atoms in total. The Morgan fingerprint density at radius 3 is 2.40 bits per heavy atom. The second kappa shape index (κ2) is 5.80. The van der Waals surface area contributed by atoms with Crippen molar-refractivity contribution in [2.24, 2.45) is 0 Å². The van der Waals surface area contributed by atoms with Crippen LogP contribution in [0.4, 0.5) is 0 Å². The summed E-state index contributed by atoms with van der Waals surface area (Å²) in [7, 11) is 0. The third-order valence-electron chi connectivity index (χ3n) is 4.35. The first-order chi connectivity index (χ1) is 9.74. The van der Waals surface area contributed by atoms with E-state index in [4.69, 9.17) is 0 Å². The molecule has 1 aromatic heterocycles. The number of aryl methyl sites for hydroxylation is 1. The molecule has 0 spiro atoms. The van der Waals surface area contributed by atoms with E-state index in [9.17, 15) is 0 Å². The highest BCUT2D eigenvalue weighted by Gasteiger charge is 2.17. The van der Waals surface area contributed by atoms with Crippen molar-refractivity contribution in [3.63, 3.8) is 0 Å². The molecule has 0 unspecified atom stereocenters. The van der Waals surface area contributed by atoms with Gasteiger partial charge >= 0.3 is 0 Å². The van der Waals surface area contributed by atoms with Crippen molar-refractivity contribution in [3.8, 4) is 11.3 Å². The maximum absolute atomic E-state index is 4.26. The molecule has 1 fully saturated rings. The highest BCUT2D eigenvalue weighted by molar-refractivity contribution is 5.58. The molecule has 3 rings (SSSR count). The zero-order valence-electron chi connectivity index (χ0n) is 12.4. The van der Waals surface area contributed by atoms with E-state index in [1.54, 1.807) is 0 Å². The second-order valence-corrected chi connectivity index (χ2v) is 5.78. The summed E-state index contributed by atoms with van der Waals surface area (Å²) < 4.78 is 0. The van der Waals surface area contributed by atoms with E-state index in [1.807, 2.05) is 13.1 Å². The SMILES string of the molecule is Cc1ncc(-c2ccc([C@@H](C)N3CCCCC3)cc2)[nH]1. The Morgan fingerprint density at radius 1 is 1.10 bits per heavy atom. The molecule has 0 radical (unpaired) electrons. The lowest BCUT2D eigenvalue weighted by Crippen LogP contribution is -2.32. The van der Waals surface area contributed by atoms with Gasteiger partial charge in [-0.25, -0.2) is 4.98 Å². The number of likely N-dealkylation sites (tertiary alicyclic amines) is 1. The number of rotatable bonds is 3. The molecule has 1 saturated heterocycles. The van der Waals surface area contributed by atoms with E-state index in [0.717, 1.165) is 11.5 Å². The number of nitrogens with one attached hydrogen (secondary N) is 1.